The molecular weight excluding hydrogens is 417 g/mol. The van der Waals surface area contributed by atoms with Gasteiger partial charge in [0.2, 0.25) is 0 Å². The Morgan fingerprint density at radius 1 is 0.724 bits per heavy atom. The zero-order valence-corrected chi connectivity index (χ0v) is 18.1. The topological polar surface area (TPSA) is 26.7 Å². The summed E-state index contributed by atoms with van der Waals surface area (Å²) in [7, 11) is 0. The molecule has 0 aromatic heterocycles. The summed E-state index contributed by atoms with van der Waals surface area (Å²) in [5.41, 5.74) is 2.13. The Kier molecular flexibility index (Phi) is 11.7. The number of piperazine rings is 1. The molecule has 0 radical (unpaired) electrons. The SMILES string of the molecule is Cl.Cl.OCCN1CCN(CCCC(c2ccc(F)cc2)c2ccc(F)cc2)CC1. The lowest BCUT2D eigenvalue weighted by molar-refractivity contribution is 0.111. The van der Waals surface area contributed by atoms with Crippen LogP contribution in [0, 0.1) is 11.6 Å². The van der Waals surface area contributed by atoms with Gasteiger partial charge in [-0.1, -0.05) is 24.3 Å². The van der Waals surface area contributed by atoms with E-state index >= 15 is 0 Å². The fraction of sp³-hybridized carbons (Fsp3) is 0.455. The van der Waals surface area contributed by atoms with Crippen molar-refractivity contribution in [3.8, 4) is 0 Å². The first kappa shape index (κ1) is 25.8. The smallest absolute Gasteiger partial charge is 0.123 e. The fourth-order valence-electron chi connectivity index (χ4n) is 3.81. The fourth-order valence-corrected chi connectivity index (χ4v) is 3.81. The molecule has 1 aliphatic heterocycles. The van der Waals surface area contributed by atoms with Crippen LogP contribution in [0.25, 0.3) is 0 Å². The lowest BCUT2D eigenvalue weighted by Gasteiger charge is -2.34. The van der Waals surface area contributed by atoms with E-state index in [9.17, 15) is 8.78 Å². The van der Waals surface area contributed by atoms with Gasteiger partial charge in [0.05, 0.1) is 6.61 Å². The lowest BCUT2D eigenvalue weighted by Crippen LogP contribution is -2.47. The van der Waals surface area contributed by atoms with E-state index in [1.54, 1.807) is 0 Å². The second kappa shape index (κ2) is 13.1. The number of hydrogen-bond acceptors (Lipinski definition) is 3. The van der Waals surface area contributed by atoms with Gasteiger partial charge in [-0.3, -0.25) is 4.90 Å². The molecule has 1 saturated heterocycles. The maximum Gasteiger partial charge on any atom is 0.123 e. The van der Waals surface area contributed by atoms with Crippen LogP contribution in [0.4, 0.5) is 8.78 Å². The Hall–Kier alpha value is -1.24. The van der Waals surface area contributed by atoms with Crippen molar-refractivity contribution in [1.29, 1.82) is 0 Å². The first-order valence-corrected chi connectivity index (χ1v) is 9.72. The van der Waals surface area contributed by atoms with E-state index in [1.807, 2.05) is 24.3 Å². The van der Waals surface area contributed by atoms with E-state index in [4.69, 9.17) is 5.11 Å². The Balaban J connectivity index is 0.00000210. The molecule has 7 heteroatoms. The van der Waals surface area contributed by atoms with Crippen molar-refractivity contribution in [2.24, 2.45) is 0 Å². The minimum Gasteiger partial charge on any atom is -0.395 e. The Labute approximate surface area is 184 Å². The number of hydrogen-bond donors (Lipinski definition) is 1. The van der Waals surface area contributed by atoms with Gasteiger partial charge in [0.1, 0.15) is 11.6 Å². The summed E-state index contributed by atoms with van der Waals surface area (Å²) in [4.78, 5) is 4.75. The predicted octanol–water partition coefficient (Wildman–Crippen LogP) is 4.33. The molecule has 0 saturated carbocycles. The normalized spacial score (nSPS) is 15.0. The third kappa shape index (κ3) is 7.83. The molecule has 3 rings (SSSR count). The van der Waals surface area contributed by atoms with E-state index in [1.165, 1.54) is 24.3 Å². The average Bonchev–Trinajstić information content (AvgIpc) is 2.69. The zero-order chi connectivity index (χ0) is 19.1. The van der Waals surface area contributed by atoms with Crippen LogP contribution in [0.5, 0.6) is 0 Å². The van der Waals surface area contributed by atoms with Gasteiger partial charge in [-0.2, -0.15) is 0 Å². The van der Waals surface area contributed by atoms with Gasteiger partial charge in [-0.05, 0) is 54.8 Å². The minimum absolute atomic E-state index is 0. The summed E-state index contributed by atoms with van der Waals surface area (Å²) in [6.07, 6.45) is 1.97. The molecule has 0 atom stereocenters. The summed E-state index contributed by atoms with van der Waals surface area (Å²) in [5, 5.41) is 9.04. The molecule has 3 nitrogen and oxygen atoms in total. The first-order chi connectivity index (χ1) is 13.2. The molecule has 1 aliphatic rings. The van der Waals surface area contributed by atoms with Crippen LogP contribution < -0.4 is 0 Å². The monoisotopic (exact) mass is 446 g/mol. The van der Waals surface area contributed by atoms with Gasteiger partial charge in [0.15, 0.2) is 0 Å². The summed E-state index contributed by atoms with van der Waals surface area (Å²) < 4.78 is 26.6. The molecule has 1 N–H and O–H groups in total. The van der Waals surface area contributed by atoms with Crippen molar-refractivity contribution in [1.82, 2.24) is 9.80 Å². The Bertz CT molecular complexity index is 647. The largest absolute Gasteiger partial charge is 0.395 e. The molecule has 162 valence electrons. The van der Waals surface area contributed by atoms with Crippen LogP contribution >= 0.6 is 24.8 Å². The van der Waals surface area contributed by atoms with Crippen molar-refractivity contribution in [3.05, 3.63) is 71.3 Å². The number of halogens is 4. The van der Waals surface area contributed by atoms with Crippen LogP contribution in [0.2, 0.25) is 0 Å². The van der Waals surface area contributed by atoms with Gasteiger partial charge < -0.3 is 10.0 Å². The number of benzene rings is 2. The highest BCUT2D eigenvalue weighted by Crippen LogP contribution is 2.29. The van der Waals surface area contributed by atoms with Crippen molar-refractivity contribution in [3.63, 3.8) is 0 Å². The summed E-state index contributed by atoms with van der Waals surface area (Å²) in [6, 6.07) is 13.3. The van der Waals surface area contributed by atoms with E-state index in [-0.39, 0.29) is 49.0 Å². The van der Waals surface area contributed by atoms with Crippen LogP contribution in [-0.2, 0) is 0 Å². The van der Waals surface area contributed by atoms with Crippen molar-refractivity contribution in [2.45, 2.75) is 18.8 Å². The Morgan fingerprint density at radius 2 is 1.14 bits per heavy atom. The molecule has 1 fully saturated rings. The van der Waals surface area contributed by atoms with Gasteiger partial charge in [0, 0.05) is 38.6 Å². The molecule has 0 unspecified atom stereocenters. The minimum atomic E-state index is -0.239. The number of nitrogens with zero attached hydrogens (tertiary/aromatic N) is 2. The number of aliphatic hydroxyl groups is 1. The summed E-state index contributed by atoms with van der Waals surface area (Å²) in [6.45, 7) is 6.04. The van der Waals surface area contributed by atoms with Gasteiger partial charge in [-0.15, -0.1) is 24.8 Å². The van der Waals surface area contributed by atoms with Crippen molar-refractivity contribution < 1.29 is 13.9 Å². The van der Waals surface area contributed by atoms with Crippen molar-refractivity contribution >= 4 is 24.8 Å². The van der Waals surface area contributed by atoms with Crippen LogP contribution in [0.1, 0.15) is 29.9 Å². The number of rotatable bonds is 8. The van der Waals surface area contributed by atoms with Crippen molar-refractivity contribution in [2.75, 3.05) is 45.9 Å². The molecule has 0 bridgehead atoms. The van der Waals surface area contributed by atoms with Gasteiger partial charge >= 0.3 is 0 Å². The highest BCUT2D eigenvalue weighted by atomic mass is 35.5. The highest BCUT2D eigenvalue weighted by Gasteiger charge is 2.18. The predicted molar refractivity (Wildman–Crippen MR) is 118 cm³/mol. The lowest BCUT2D eigenvalue weighted by atomic mass is 9.87. The molecule has 2 aromatic rings. The van der Waals surface area contributed by atoms with Gasteiger partial charge in [-0.25, -0.2) is 8.78 Å². The summed E-state index contributed by atoms with van der Waals surface area (Å²) in [5.74, 6) is -0.336. The Morgan fingerprint density at radius 3 is 1.55 bits per heavy atom. The quantitative estimate of drug-likeness (QED) is 0.653. The highest BCUT2D eigenvalue weighted by molar-refractivity contribution is 5.85. The number of β-amino-alcohol motifs (C(OH)–C–C–N with tert-alkyl or cyclic N) is 1. The second-order valence-electron chi connectivity index (χ2n) is 7.20. The third-order valence-corrected chi connectivity index (χ3v) is 5.39. The molecule has 1 heterocycles. The summed E-state index contributed by atoms with van der Waals surface area (Å²) >= 11 is 0. The molecule has 0 amide bonds. The standard InChI is InChI=1S/C22H28F2N2O.2ClH/c23-20-7-3-18(4-8-20)22(19-5-9-21(24)10-6-19)2-1-11-25-12-14-26(15-13-25)16-17-27;;/h3-10,22,27H,1-2,11-17H2;2*1H. The molecule has 2 aromatic carbocycles. The molecule has 29 heavy (non-hydrogen) atoms. The molecular formula is C22H30Cl2F2N2O. The first-order valence-electron chi connectivity index (χ1n) is 9.72. The van der Waals surface area contributed by atoms with E-state index < -0.39 is 0 Å². The molecule has 0 aliphatic carbocycles. The zero-order valence-electron chi connectivity index (χ0n) is 16.5. The van der Waals surface area contributed by atoms with Crippen LogP contribution in [-0.4, -0.2) is 60.8 Å². The third-order valence-electron chi connectivity index (χ3n) is 5.39. The van der Waals surface area contributed by atoms with Gasteiger partial charge in [0.25, 0.3) is 0 Å². The maximum atomic E-state index is 13.3. The maximum absolute atomic E-state index is 13.3. The second-order valence-corrected chi connectivity index (χ2v) is 7.20. The average molecular weight is 447 g/mol. The van der Waals surface area contributed by atoms with E-state index in [0.29, 0.717) is 0 Å². The van der Waals surface area contributed by atoms with E-state index in [0.717, 1.165) is 63.2 Å². The van der Waals surface area contributed by atoms with E-state index in [2.05, 4.69) is 9.80 Å². The van der Waals surface area contributed by atoms with Crippen LogP contribution in [0.15, 0.2) is 48.5 Å². The molecule has 0 spiro atoms. The number of aliphatic hydroxyl groups excluding tert-OH is 1. The van der Waals surface area contributed by atoms with Crippen LogP contribution in [0.3, 0.4) is 0 Å².